The maximum atomic E-state index is 13.0. The molecule has 0 atom stereocenters. The summed E-state index contributed by atoms with van der Waals surface area (Å²) in [6.07, 6.45) is 1.54. The number of fused-ring (bicyclic) bond motifs is 1. The Morgan fingerprint density at radius 1 is 0.964 bits per heavy atom. The van der Waals surface area contributed by atoms with Gasteiger partial charge >= 0.3 is 51.4 Å². The van der Waals surface area contributed by atoms with Gasteiger partial charge in [-0.05, 0) is 23.3 Å². The van der Waals surface area contributed by atoms with Gasteiger partial charge < -0.3 is 23.8 Å². The van der Waals surface area contributed by atoms with Gasteiger partial charge in [0.15, 0.2) is 0 Å². The Labute approximate surface area is 203 Å². The molecule has 7 nitrogen and oxygen atoms in total. The molecule has 0 N–H and O–H groups in total. The number of hydrogen-bond donors (Lipinski definition) is 0. The van der Waals surface area contributed by atoms with Gasteiger partial charge in [0.05, 0.1) is 7.11 Å². The molecule has 0 unspecified atom stereocenters. The fraction of sp³-hybridized carbons (Fsp3) is 0.150. The first-order chi connectivity index (χ1) is 13.2. The number of benzene rings is 2. The van der Waals surface area contributed by atoms with E-state index in [1.165, 1.54) is 6.33 Å². The van der Waals surface area contributed by atoms with Gasteiger partial charge in [-0.25, -0.2) is 0 Å². The predicted molar refractivity (Wildman–Crippen MR) is 101 cm³/mol. The average Bonchev–Trinajstić information content (AvgIpc) is 3.09. The standard InChI is InChI=1S/C20H18N4O3.K/c1-27-16-9-7-15(8-10-16)11-23-13-21-18-17(23)19(25)24(20(26)22-18)12-14-5-3-2-4-6-14;/h2-10,13H,11-12H2,1H3,(H,22,25,26);/q;+1/p-1. The van der Waals surface area contributed by atoms with Gasteiger partial charge in [-0.3, -0.25) is 9.59 Å². The predicted octanol–water partition coefficient (Wildman–Crippen LogP) is -1.38. The Bertz CT molecular complexity index is 1190. The van der Waals surface area contributed by atoms with Crippen LogP contribution in [0.4, 0.5) is 0 Å². The van der Waals surface area contributed by atoms with E-state index < -0.39 is 5.69 Å². The van der Waals surface area contributed by atoms with Crippen LogP contribution in [0.1, 0.15) is 11.1 Å². The number of ether oxygens (including phenoxy) is 1. The maximum absolute atomic E-state index is 13.0. The normalized spacial score (nSPS) is 10.6. The molecule has 0 saturated carbocycles. The Hall–Kier alpha value is -1.97. The molecule has 4 aromatic rings. The van der Waals surface area contributed by atoms with E-state index in [0.717, 1.165) is 21.4 Å². The molecule has 8 heteroatoms. The van der Waals surface area contributed by atoms with Crippen LogP contribution in [0.2, 0.25) is 0 Å². The first kappa shape index (κ1) is 20.8. The minimum absolute atomic E-state index is 0. The zero-order chi connectivity index (χ0) is 18.8. The van der Waals surface area contributed by atoms with Crippen LogP contribution in [0.5, 0.6) is 5.75 Å². The molecule has 2 aromatic carbocycles. The molecule has 0 fully saturated rings. The zero-order valence-electron chi connectivity index (χ0n) is 15.7. The van der Waals surface area contributed by atoms with Gasteiger partial charge in [0.2, 0.25) is 11.2 Å². The summed E-state index contributed by atoms with van der Waals surface area (Å²) in [5, 5.41) is 0. The van der Waals surface area contributed by atoms with Crippen molar-refractivity contribution in [2.45, 2.75) is 13.1 Å². The maximum Gasteiger partial charge on any atom is 1.00 e. The summed E-state index contributed by atoms with van der Waals surface area (Å²) in [7, 11) is 1.61. The second kappa shape index (κ2) is 9.02. The molecule has 4 rings (SSSR count). The summed E-state index contributed by atoms with van der Waals surface area (Å²) in [5.74, 6) is 0.761. The van der Waals surface area contributed by atoms with Crippen molar-refractivity contribution in [3.8, 4) is 5.75 Å². The van der Waals surface area contributed by atoms with Crippen molar-refractivity contribution in [1.29, 1.82) is 0 Å². The number of aromatic nitrogens is 4. The van der Waals surface area contributed by atoms with E-state index in [1.54, 1.807) is 11.7 Å². The average molecular weight is 400 g/mol. The molecule has 0 aliphatic rings. The molecule has 0 amide bonds. The van der Waals surface area contributed by atoms with Crippen LogP contribution < -0.4 is 72.4 Å². The third-order valence-electron chi connectivity index (χ3n) is 4.39. The van der Waals surface area contributed by atoms with Gasteiger partial charge in [0.25, 0.3) is 0 Å². The van der Waals surface area contributed by atoms with Crippen molar-refractivity contribution in [2.24, 2.45) is 0 Å². The summed E-state index contributed by atoms with van der Waals surface area (Å²) >= 11 is 0. The SMILES string of the molecule is COc1ccc(Cn2cnc3[n-]c(=O)n(Cc4ccccc4)c(=O)c32)cc1.[K+]. The van der Waals surface area contributed by atoms with Crippen LogP contribution in [-0.4, -0.2) is 21.2 Å². The quantitative estimate of drug-likeness (QED) is 0.386. The molecular weight excluding hydrogens is 383 g/mol. The number of imidazole rings is 1. The van der Waals surface area contributed by atoms with Crippen LogP contribution in [0.25, 0.3) is 11.2 Å². The Kier molecular flexibility index (Phi) is 6.68. The van der Waals surface area contributed by atoms with E-state index in [0.29, 0.717) is 12.1 Å². The number of hydrogen-bond acceptors (Lipinski definition) is 4. The molecule has 136 valence electrons. The fourth-order valence-electron chi connectivity index (χ4n) is 2.99. The molecular formula is C20H17KN4O3. The van der Waals surface area contributed by atoms with Crippen LogP contribution in [0, 0.1) is 0 Å². The third-order valence-corrected chi connectivity index (χ3v) is 4.39. The fourth-order valence-corrected chi connectivity index (χ4v) is 2.99. The molecule has 0 radical (unpaired) electrons. The number of nitrogens with zero attached hydrogens (tertiary/aromatic N) is 4. The van der Waals surface area contributed by atoms with Crippen molar-refractivity contribution >= 4 is 11.2 Å². The van der Waals surface area contributed by atoms with Crippen LogP contribution in [0.15, 0.2) is 70.5 Å². The molecule has 2 aromatic heterocycles. The largest absolute Gasteiger partial charge is 1.00 e. The molecule has 0 spiro atoms. The summed E-state index contributed by atoms with van der Waals surface area (Å²) in [5.41, 5.74) is 1.35. The number of methoxy groups -OCH3 is 1. The van der Waals surface area contributed by atoms with Gasteiger partial charge in [-0.15, -0.1) is 0 Å². The van der Waals surface area contributed by atoms with Gasteiger partial charge in [-0.1, -0.05) is 42.5 Å². The summed E-state index contributed by atoms with van der Waals surface area (Å²) in [6.45, 7) is 0.621. The molecule has 28 heavy (non-hydrogen) atoms. The van der Waals surface area contributed by atoms with Crippen molar-refractivity contribution in [2.75, 3.05) is 7.11 Å². The van der Waals surface area contributed by atoms with Crippen molar-refractivity contribution in [3.05, 3.63) is 92.9 Å². The van der Waals surface area contributed by atoms with Crippen LogP contribution in [0.3, 0.4) is 0 Å². The summed E-state index contributed by atoms with van der Waals surface area (Å²) in [4.78, 5) is 33.4. The molecule has 0 aliphatic carbocycles. The van der Waals surface area contributed by atoms with Crippen molar-refractivity contribution in [3.63, 3.8) is 0 Å². The van der Waals surface area contributed by atoms with E-state index in [9.17, 15) is 9.59 Å². The van der Waals surface area contributed by atoms with Gasteiger partial charge in [0.1, 0.15) is 11.3 Å². The van der Waals surface area contributed by atoms with Gasteiger partial charge in [0, 0.05) is 25.1 Å². The Morgan fingerprint density at radius 2 is 1.64 bits per heavy atom. The number of rotatable bonds is 5. The molecule has 0 bridgehead atoms. The molecule has 0 saturated heterocycles. The Balaban J connectivity index is 0.00000225. The molecule has 0 aliphatic heterocycles. The van der Waals surface area contributed by atoms with E-state index in [4.69, 9.17) is 4.74 Å². The smallest absolute Gasteiger partial charge is 0.497 e. The monoisotopic (exact) mass is 400 g/mol. The molecule has 2 heterocycles. The van der Waals surface area contributed by atoms with Crippen molar-refractivity contribution < 1.29 is 56.1 Å². The van der Waals surface area contributed by atoms with Crippen molar-refractivity contribution in [1.82, 2.24) is 19.1 Å². The van der Waals surface area contributed by atoms with Crippen LogP contribution >= 0.6 is 0 Å². The minimum atomic E-state index is -0.592. The van der Waals surface area contributed by atoms with Crippen LogP contribution in [-0.2, 0) is 13.1 Å². The van der Waals surface area contributed by atoms with E-state index >= 15 is 0 Å². The third kappa shape index (κ3) is 4.21. The zero-order valence-corrected chi connectivity index (χ0v) is 18.8. The summed E-state index contributed by atoms with van der Waals surface area (Å²) < 4.78 is 8.02. The second-order valence-corrected chi connectivity index (χ2v) is 6.16. The second-order valence-electron chi connectivity index (χ2n) is 6.16. The van der Waals surface area contributed by atoms with E-state index in [-0.39, 0.29) is 69.1 Å². The topological polar surface area (TPSA) is 80.2 Å². The first-order valence-electron chi connectivity index (χ1n) is 8.45. The van der Waals surface area contributed by atoms with E-state index in [1.807, 2.05) is 54.6 Å². The first-order valence-corrected chi connectivity index (χ1v) is 8.45. The van der Waals surface area contributed by atoms with Gasteiger partial charge in [-0.2, -0.15) is 0 Å². The summed E-state index contributed by atoms with van der Waals surface area (Å²) in [6, 6.07) is 16.9. The van der Waals surface area contributed by atoms with E-state index in [2.05, 4.69) is 9.97 Å². The Morgan fingerprint density at radius 3 is 2.32 bits per heavy atom. The minimum Gasteiger partial charge on any atom is -0.497 e.